The maximum Gasteiger partial charge on any atom is 0.0726 e. The molecule has 0 saturated heterocycles. The monoisotopic (exact) mass is 637 g/mol. The number of nitrogens with zero attached hydrogens (tertiary/aromatic N) is 1. The van der Waals surface area contributed by atoms with Gasteiger partial charge in [-0.05, 0) is 98.1 Å². The number of hydrogen-bond donors (Lipinski definition) is 0. The number of hydrogen-bond acceptors (Lipinski definition) is 1. The molecule has 1 nitrogen and oxygen atoms in total. The van der Waals surface area contributed by atoms with Crippen LogP contribution < -0.4 is 4.90 Å². The van der Waals surface area contributed by atoms with Crippen LogP contribution in [0.5, 0.6) is 0 Å². The molecule has 0 heterocycles. The van der Waals surface area contributed by atoms with Crippen LogP contribution in [0, 0.1) is 0 Å². The quantitative estimate of drug-likeness (QED) is 0.185. The number of anilines is 3. The van der Waals surface area contributed by atoms with Crippen LogP contribution in [0.25, 0.3) is 33.4 Å². The second kappa shape index (κ2) is 10.2. The van der Waals surface area contributed by atoms with Crippen molar-refractivity contribution in [1.29, 1.82) is 0 Å². The van der Waals surface area contributed by atoms with Crippen molar-refractivity contribution in [3.8, 4) is 33.4 Å². The molecule has 0 radical (unpaired) electrons. The summed E-state index contributed by atoms with van der Waals surface area (Å²) in [5, 5.41) is 0. The summed E-state index contributed by atoms with van der Waals surface area (Å²) >= 11 is 3.75. The van der Waals surface area contributed by atoms with Gasteiger partial charge in [0.2, 0.25) is 0 Å². The molecule has 0 N–H and O–H groups in total. The second-order valence-corrected chi connectivity index (χ2v) is 12.8. The van der Waals surface area contributed by atoms with E-state index in [1.807, 2.05) is 0 Å². The van der Waals surface area contributed by atoms with Crippen molar-refractivity contribution in [3.63, 3.8) is 0 Å². The Hall–Kier alpha value is -5.18. The van der Waals surface area contributed by atoms with Gasteiger partial charge in [0.25, 0.3) is 0 Å². The molecule has 0 unspecified atom stereocenters. The molecule has 9 rings (SSSR count). The summed E-state index contributed by atoms with van der Waals surface area (Å²) in [5.41, 5.74) is 16.1. The predicted octanol–water partition coefficient (Wildman–Crippen LogP) is 11.9. The Bertz CT molecular complexity index is 2170. The number of fused-ring (bicyclic) bond motifs is 10. The third-order valence-electron chi connectivity index (χ3n) is 9.54. The van der Waals surface area contributed by atoms with E-state index < -0.39 is 0 Å². The molecule has 2 heteroatoms. The molecule has 0 aliphatic heterocycles. The zero-order valence-corrected chi connectivity index (χ0v) is 26.1. The Kier molecular flexibility index (Phi) is 5.94. The first-order chi connectivity index (χ1) is 22.2. The minimum atomic E-state index is -0.380. The third kappa shape index (κ3) is 3.86. The third-order valence-corrected chi connectivity index (χ3v) is 10.0. The highest BCUT2D eigenvalue weighted by Gasteiger charge is 2.51. The van der Waals surface area contributed by atoms with Crippen molar-refractivity contribution < 1.29 is 0 Å². The molecule has 0 atom stereocenters. The van der Waals surface area contributed by atoms with Crippen molar-refractivity contribution >= 4 is 33.0 Å². The standard InChI is InChI=1S/C43H28BrN/c44-31-13-10-14-33(27-31)45(32-23-21-30(22-24-32)29-11-2-1-3-12-29)34-25-26-38-37-17-6-9-20-41(37)43(42(38)28-34)39-18-7-4-15-35(39)36-16-5-8-19-40(36)43/h1-28H. The maximum atomic E-state index is 3.75. The average molecular weight is 639 g/mol. The lowest BCUT2D eigenvalue weighted by Gasteiger charge is -2.32. The minimum Gasteiger partial charge on any atom is -0.310 e. The second-order valence-electron chi connectivity index (χ2n) is 11.8. The van der Waals surface area contributed by atoms with Gasteiger partial charge in [-0.15, -0.1) is 0 Å². The minimum absolute atomic E-state index is 0.380. The SMILES string of the molecule is Brc1cccc(N(c2ccc(-c3ccccc3)cc2)c2ccc3c(c2)C2(c4ccccc4-c4ccccc42)c2ccccc2-3)c1. The van der Waals surface area contributed by atoms with Crippen molar-refractivity contribution in [3.05, 3.63) is 197 Å². The molecule has 1 spiro atoms. The van der Waals surface area contributed by atoms with Crippen LogP contribution in [-0.4, -0.2) is 0 Å². The number of benzene rings is 7. The molecule has 0 bridgehead atoms. The van der Waals surface area contributed by atoms with Crippen LogP contribution in [-0.2, 0) is 5.41 Å². The van der Waals surface area contributed by atoms with Gasteiger partial charge >= 0.3 is 0 Å². The van der Waals surface area contributed by atoms with E-state index in [-0.39, 0.29) is 5.41 Å². The smallest absolute Gasteiger partial charge is 0.0726 e. The van der Waals surface area contributed by atoms with E-state index in [0.29, 0.717) is 0 Å². The van der Waals surface area contributed by atoms with Crippen LogP contribution in [0.15, 0.2) is 174 Å². The Morgan fingerprint density at radius 2 is 0.844 bits per heavy atom. The van der Waals surface area contributed by atoms with E-state index in [0.717, 1.165) is 21.5 Å². The Morgan fingerprint density at radius 3 is 1.44 bits per heavy atom. The molecular formula is C43H28BrN. The van der Waals surface area contributed by atoms with Gasteiger partial charge < -0.3 is 4.90 Å². The molecule has 7 aromatic rings. The maximum absolute atomic E-state index is 3.75. The normalized spacial score (nSPS) is 13.2. The first-order valence-electron chi connectivity index (χ1n) is 15.4. The number of rotatable bonds is 4. The summed E-state index contributed by atoms with van der Waals surface area (Å²) in [6.45, 7) is 0. The van der Waals surface area contributed by atoms with Crippen LogP contribution in [0.4, 0.5) is 17.1 Å². The van der Waals surface area contributed by atoms with E-state index >= 15 is 0 Å². The number of halogens is 1. The molecule has 212 valence electrons. The van der Waals surface area contributed by atoms with Gasteiger partial charge in [0, 0.05) is 21.5 Å². The first kappa shape index (κ1) is 26.2. The fourth-order valence-corrected chi connectivity index (χ4v) is 8.11. The lowest BCUT2D eigenvalue weighted by molar-refractivity contribution is 0.793. The Morgan fingerprint density at radius 1 is 0.356 bits per heavy atom. The highest BCUT2D eigenvalue weighted by atomic mass is 79.9. The molecule has 0 saturated carbocycles. The van der Waals surface area contributed by atoms with Crippen LogP contribution in [0.1, 0.15) is 22.3 Å². The fraction of sp³-hybridized carbons (Fsp3) is 0.0233. The average Bonchev–Trinajstić information content (AvgIpc) is 3.56. The van der Waals surface area contributed by atoms with Crippen LogP contribution >= 0.6 is 15.9 Å². The van der Waals surface area contributed by atoms with E-state index in [4.69, 9.17) is 0 Å². The largest absolute Gasteiger partial charge is 0.310 e. The van der Waals surface area contributed by atoms with Crippen LogP contribution in [0.3, 0.4) is 0 Å². The lowest BCUT2D eigenvalue weighted by atomic mass is 9.70. The van der Waals surface area contributed by atoms with Crippen molar-refractivity contribution in [2.24, 2.45) is 0 Å². The molecule has 2 aliphatic carbocycles. The van der Waals surface area contributed by atoms with E-state index in [9.17, 15) is 0 Å². The van der Waals surface area contributed by atoms with E-state index in [1.165, 1.54) is 55.6 Å². The highest BCUT2D eigenvalue weighted by molar-refractivity contribution is 9.10. The molecule has 2 aliphatic rings. The van der Waals surface area contributed by atoms with Gasteiger partial charge in [-0.1, -0.05) is 143 Å². The summed E-state index contributed by atoms with van der Waals surface area (Å²) in [5.74, 6) is 0. The highest BCUT2D eigenvalue weighted by Crippen LogP contribution is 2.63. The Balaban J connectivity index is 1.29. The fourth-order valence-electron chi connectivity index (χ4n) is 7.72. The zero-order valence-electron chi connectivity index (χ0n) is 24.5. The van der Waals surface area contributed by atoms with Gasteiger partial charge in [-0.2, -0.15) is 0 Å². The van der Waals surface area contributed by atoms with Crippen molar-refractivity contribution in [2.75, 3.05) is 4.90 Å². The van der Waals surface area contributed by atoms with E-state index in [1.54, 1.807) is 0 Å². The summed E-state index contributed by atoms with van der Waals surface area (Å²) in [6, 6.07) is 62.1. The van der Waals surface area contributed by atoms with E-state index in [2.05, 4.69) is 191 Å². The summed E-state index contributed by atoms with van der Waals surface area (Å²) in [4.78, 5) is 2.38. The molecule has 0 amide bonds. The molecule has 7 aromatic carbocycles. The molecule has 0 fully saturated rings. The summed E-state index contributed by atoms with van der Waals surface area (Å²) < 4.78 is 1.05. The first-order valence-corrected chi connectivity index (χ1v) is 16.2. The topological polar surface area (TPSA) is 3.24 Å². The molecular weight excluding hydrogens is 610 g/mol. The summed E-state index contributed by atoms with van der Waals surface area (Å²) in [6.07, 6.45) is 0. The van der Waals surface area contributed by atoms with Crippen molar-refractivity contribution in [1.82, 2.24) is 0 Å². The Labute approximate surface area is 272 Å². The predicted molar refractivity (Wildman–Crippen MR) is 191 cm³/mol. The molecule has 0 aromatic heterocycles. The molecule has 45 heavy (non-hydrogen) atoms. The van der Waals surface area contributed by atoms with Gasteiger partial charge in [-0.25, -0.2) is 0 Å². The zero-order chi connectivity index (χ0) is 30.0. The van der Waals surface area contributed by atoms with Crippen LogP contribution in [0.2, 0.25) is 0 Å². The lowest BCUT2D eigenvalue weighted by Crippen LogP contribution is -2.26. The van der Waals surface area contributed by atoms with Crippen molar-refractivity contribution in [2.45, 2.75) is 5.41 Å². The van der Waals surface area contributed by atoms with Gasteiger partial charge in [0.15, 0.2) is 0 Å². The van der Waals surface area contributed by atoms with Gasteiger partial charge in [0.05, 0.1) is 5.41 Å². The van der Waals surface area contributed by atoms with Gasteiger partial charge in [-0.3, -0.25) is 0 Å². The van der Waals surface area contributed by atoms with Gasteiger partial charge in [0.1, 0.15) is 0 Å². The summed E-state index contributed by atoms with van der Waals surface area (Å²) in [7, 11) is 0.